The van der Waals surface area contributed by atoms with Gasteiger partial charge in [-0.05, 0) is 25.0 Å². The van der Waals surface area contributed by atoms with E-state index in [1.807, 2.05) is 13.8 Å². The Morgan fingerprint density at radius 1 is 1.39 bits per heavy atom. The fraction of sp³-hybridized carbons (Fsp3) is 0.412. The minimum atomic E-state index is -0.387. The Balaban J connectivity index is 2.56. The summed E-state index contributed by atoms with van der Waals surface area (Å²) in [4.78, 5) is 19.7. The summed E-state index contributed by atoms with van der Waals surface area (Å²) in [5.74, 6) is 0.0988. The summed E-state index contributed by atoms with van der Waals surface area (Å²) in [5.41, 5.74) is 1.41. The van der Waals surface area contributed by atoms with Crippen LogP contribution < -0.4 is 5.56 Å². The number of nitrogens with one attached hydrogen (secondary N) is 1. The molecule has 0 radical (unpaired) electrons. The van der Waals surface area contributed by atoms with Crippen molar-refractivity contribution in [3.8, 4) is 0 Å². The molecular weight excluding hydrogens is 335 g/mol. The first-order chi connectivity index (χ1) is 11.0. The van der Waals surface area contributed by atoms with E-state index in [-0.39, 0.29) is 17.3 Å². The fourth-order valence-electron chi connectivity index (χ4n) is 2.52. The van der Waals surface area contributed by atoms with E-state index in [9.17, 15) is 9.18 Å². The molecule has 2 rings (SSSR count). The lowest BCUT2D eigenvalue weighted by Crippen LogP contribution is -2.20. The lowest BCUT2D eigenvalue weighted by molar-refractivity contribution is 0.598. The van der Waals surface area contributed by atoms with E-state index in [0.29, 0.717) is 33.4 Å². The normalized spacial score (nSPS) is 12.4. The molecule has 1 atom stereocenters. The average Bonchev–Trinajstić information content (AvgIpc) is 2.52. The lowest BCUT2D eigenvalue weighted by Gasteiger charge is -2.17. The third-order valence-electron chi connectivity index (χ3n) is 3.67. The quantitative estimate of drug-likeness (QED) is 0.599. The second-order valence-corrected chi connectivity index (χ2v) is 6.78. The summed E-state index contributed by atoms with van der Waals surface area (Å²) in [6.45, 7) is 5.79. The molecule has 1 N–H and O–H groups in total. The van der Waals surface area contributed by atoms with E-state index in [0.717, 1.165) is 12.2 Å². The maximum Gasteiger partial charge on any atom is 0.254 e. The summed E-state index contributed by atoms with van der Waals surface area (Å²) >= 11 is 7.67. The van der Waals surface area contributed by atoms with Crippen molar-refractivity contribution in [2.45, 2.75) is 44.7 Å². The Hall–Kier alpha value is -1.33. The topological polar surface area (TPSA) is 45.8 Å². The van der Waals surface area contributed by atoms with Crippen LogP contribution in [0.15, 0.2) is 28.2 Å². The molecule has 124 valence electrons. The molecule has 0 bridgehead atoms. The Morgan fingerprint density at radius 2 is 2.13 bits per heavy atom. The van der Waals surface area contributed by atoms with Crippen LogP contribution in [0.3, 0.4) is 0 Å². The van der Waals surface area contributed by atoms with Crippen molar-refractivity contribution in [2.75, 3.05) is 5.75 Å². The predicted molar refractivity (Wildman–Crippen MR) is 94.2 cm³/mol. The highest BCUT2D eigenvalue weighted by Crippen LogP contribution is 2.32. The van der Waals surface area contributed by atoms with E-state index in [2.05, 4.69) is 16.9 Å². The van der Waals surface area contributed by atoms with Gasteiger partial charge in [0.25, 0.3) is 5.56 Å². The van der Waals surface area contributed by atoms with Gasteiger partial charge in [0, 0.05) is 27.8 Å². The van der Waals surface area contributed by atoms with Crippen molar-refractivity contribution in [1.29, 1.82) is 0 Å². The van der Waals surface area contributed by atoms with Gasteiger partial charge in [0.05, 0.1) is 5.69 Å². The first kappa shape index (κ1) is 18.0. The molecule has 1 unspecified atom stereocenters. The van der Waals surface area contributed by atoms with Crippen molar-refractivity contribution in [2.24, 2.45) is 0 Å². The maximum absolute atomic E-state index is 14.2. The first-order valence-electron chi connectivity index (χ1n) is 7.69. The van der Waals surface area contributed by atoms with Crippen LogP contribution in [0.2, 0.25) is 5.02 Å². The predicted octanol–water partition coefficient (Wildman–Crippen LogP) is 4.78. The van der Waals surface area contributed by atoms with Crippen LogP contribution >= 0.6 is 23.4 Å². The molecule has 0 amide bonds. The zero-order valence-corrected chi connectivity index (χ0v) is 15.0. The minimum absolute atomic E-state index is 0.157. The average molecular weight is 355 g/mol. The molecular formula is C17H20ClFN2OS. The van der Waals surface area contributed by atoms with Gasteiger partial charge in [-0.3, -0.25) is 4.79 Å². The van der Waals surface area contributed by atoms with Gasteiger partial charge in [0.1, 0.15) is 5.82 Å². The Kier molecular flexibility index (Phi) is 6.25. The monoisotopic (exact) mass is 354 g/mol. The number of hydrogen-bond donors (Lipinski definition) is 1. The molecule has 1 heterocycles. The summed E-state index contributed by atoms with van der Waals surface area (Å²) in [7, 11) is 0. The van der Waals surface area contributed by atoms with Gasteiger partial charge >= 0.3 is 0 Å². The van der Waals surface area contributed by atoms with Gasteiger partial charge in [0.2, 0.25) is 0 Å². The van der Waals surface area contributed by atoms with E-state index in [4.69, 9.17) is 11.6 Å². The number of nitrogens with zero attached hydrogens (tertiary/aromatic N) is 1. The van der Waals surface area contributed by atoms with Gasteiger partial charge in [0.15, 0.2) is 5.16 Å². The Labute approximate surface area is 144 Å². The molecule has 0 fully saturated rings. The van der Waals surface area contributed by atoms with Crippen molar-refractivity contribution in [3.05, 3.63) is 56.2 Å². The number of thioether (sulfide) groups is 1. The molecule has 0 saturated carbocycles. The van der Waals surface area contributed by atoms with Gasteiger partial charge in [-0.2, -0.15) is 0 Å². The molecule has 0 spiro atoms. The Morgan fingerprint density at radius 3 is 2.74 bits per heavy atom. The van der Waals surface area contributed by atoms with Gasteiger partial charge in [-0.15, -0.1) is 0 Å². The zero-order chi connectivity index (χ0) is 17.0. The largest absolute Gasteiger partial charge is 0.301 e. The molecule has 0 aliphatic rings. The van der Waals surface area contributed by atoms with Crippen LogP contribution in [-0.2, 0) is 6.42 Å². The summed E-state index contributed by atoms with van der Waals surface area (Å²) in [6.07, 6.45) is 1.51. The molecule has 1 aromatic carbocycles. The van der Waals surface area contributed by atoms with Crippen LogP contribution in [0.25, 0.3) is 0 Å². The molecule has 0 aliphatic carbocycles. The molecule has 0 saturated heterocycles. The van der Waals surface area contributed by atoms with Crippen molar-refractivity contribution in [3.63, 3.8) is 0 Å². The summed E-state index contributed by atoms with van der Waals surface area (Å²) in [5, 5.41) is 0.924. The molecule has 0 aliphatic heterocycles. The second kappa shape index (κ2) is 7.97. The smallest absolute Gasteiger partial charge is 0.254 e. The lowest BCUT2D eigenvalue weighted by atomic mass is 9.93. The van der Waals surface area contributed by atoms with Crippen LogP contribution in [0, 0.1) is 5.82 Å². The van der Waals surface area contributed by atoms with Crippen LogP contribution in [0.4, 0.5) is 4.39 Å². The molecule has 3 nitrogen and oxygen atoms in total. The highest BCUT2D eigenvalue weighted by Gasteiger charge is 2.22. The molecule has 2 aromatic rings. The number of aromatic amines is 1. The van der Waals surface area contributed by atoms with Crippen molar-refractivity contribution >= 4 is 23.4 Å². The molecule has 1 aromatic heterocycles. The SMILES string of the molecule is CCCSc1nc(C(C)c2c(F)cccc2Cl)c(CC)c(=O)[nH]1. The Bertz CT molecular complexity index is 728. The van der Waals surface area contributed by atoms with Gasteiger partial charge in [-0.25, -0.2) is 9.37 Å². The van der Waals surface area contributed by atoms with E-state index >= 15 is 0 Å². The number of hydrogen-bond acceptors (Lipinski definition) is 3. The maximum atomic E-state index is 14.2. The third-order valence-corrected chi connectivity index (χ3v) is 5.07. The zero-order valence-electron chi connectivity index (χ0n) is 13.5. The standard InChI is InChI=1S/C17H20ClFN2OS/c1-4-9-23-17-20-15(11(5-2)16(22)21-17)10(3)14-12(18)7-6-8-13(14)19/h6-8,10H,4-5,9H2,1-3H3,(H,20,21,22). The van der Waals surface area contributed by atoms with Crippen LogP contribution in [0.5, 0.6) is 0 Å². The van der Waals surface area contributed by atoms with Crippen molar-refractivity contribution in [1.82, 2.24) is 9.97 Å². The molecule has 23 heavy (non-hydrogen) atoms. The second-order valence-electron chi connectivity index (χ2n) is 5.29. The van der Waals surface area contributed by atoms with Gasteiger partial charge < -0.3 is 4.98 Å². The minimum Gasteiger partial charge on any atom is -0.301 e. The van der Waals surface area contributed by atoms with E-state index < -0.39 is 0 Å². The molecule has 6 heteroatoms. The number of aromatic nitrogens is 2. The first-order valence-corrected chi connectivity index (χ1v) is 9.05. The van der Waals surface area contributed by atoms with Crippen molar-refractivity contribution < 1.29 is 4.39 Å². The number of rotatable bonds is 6. The number of H-pyrrole nitrogens is 1. The summed E-state index contributed by atoms with van der Waals surface area (Å²) in [6, 6.07) is 4.60. The fourth-order valence-corrected chi connectivity index (χ4v) is 3.57. The van der Waals surface area contributed by atoms with E-state index in [1.165, 1.54) is 17.8 Å². The highest BCUT2D eigenvalue weighted by molar-refractivity contribution is 7.99. The van der Waals surface area contributed by atoms with Crippen LogP contribution in [-0.4, -0.2) is 15.7 Å². The van der Waals surface area contributed by atoms with Gasteiger partial charge in [-0.1, -0.05) is 50.2 Å². The number of halogens is 2. The summed E-state index contributed by atoms with van der Waals surface area (Å²) < 4.78 is 14.2. The van der Waals surface area contributed by atoms with E-state index in [1.54, 1.807) is 12.1 Å². The number of benzene rings is 1. The highest BCUT2D eigenvalue weighted by atomic mass is 35.5. The third kappa shape index (κ3) is 3.96. The van der Waals surface area contributed by atoms with Crippen LogP contribution in [0.1, 0.15) is 49.9 Å².